The Bertz CT molecular complexity index is 894. The van der Waals surface area contributed by atoms with E-state index in [0.29, 0.717) is 19.3 Å². The number of esters is 2. The van der Waals surface area contributed by atoms with E-state index in [9.17, 15) is 9.59 Å². The lowest BCUT2D eigenvalue weighted by Gasteiger charge is -2.27. The first-order chi connectivity index (χ1) is 27.2. The van der Waals surface area contributed by atoms with Crippen molar-refractivity contribution in [2.75, 3.05) is 74.7 Å². The summed E-state index contributed by atoms with van der Waals surface area (Å²) in [4.78, 5) is 22.1. The molecule has 0 spiro atoms. The highest BCUT2D eigenvalue weighted by molar-refractivity contribution is 5.70. The fourth-order valence-electron chi connectivity index (χ4n) is 3.91. The Hall–Kier alpha value is -1.58. The predicted molar refractivity (Wildman–Crippen MR) is 215 cm³/mol. The lowest BCUT2D eigenvalue weighted by Crippen LogP contribution is -2.31. The van der Waals surface area contributed by atoms with Gasteiger partial charge in [0.25, 0.3) is 0 Å². The minimum absolute atomic E-state index is 0.0140. The summed E-state index contributed by atoms with van der Waals surface area (Å²) in [5.74, 6) is -0.757. The van der Waals surface area contributed by atoms with Crippen molar-refractivity contribution in [1.82, 2.24) is 0 Å². The zero-order valence-electron chi connectivity index (χ0n) is 38.7. The molecule has 0 aromatic carbocycles. The summed E-state index contributed by atoms with van der Waals surface area (Å²) in [5.41, 5.74) is -0.216. The quantitative estimate of drug-likeness (QED) is 0.0583. The van der Waals surface area contributed by atoms with Gasteiger partial charge in [-0.15, -0.1) is 0 Å². The molecule has 0 amide bonds. The maximum atomic E-state index is 11.6. The van der Waals surface area contributed by atoms with Gasteiger partial charge in [-0.3, -0.25) is 9.59 Å². The molecule has 8 unspecified atom stereocenters. The van der Waals surface area contributed by atoms with Crippen LogP contribution in [0.3, 0.4) is 0 Å². The number of hydrogen-bond donors (Lipinski definition) is 5. The van der Waals surface area contributed by atoms with Crippen molar-refractivity contribution in [3.05, 3.63) is 0 Å². The summed E-state index contributed by atoms with van der Waals surface area (Å²) >= 11 is 0. The van der Waals surface area contributed by atoms with Crippen molar-refractivity contribution >= 4 is 11.9 Å². The zero-order chi connectivity index (χ0) is 45.7. The minimum atomic E-state index is -0.680. The van der Waals surface area contributed by atoms with Gasteiger partial charge in [-0.1, -0.05) is 69.2 Å². The molecule has 8 atom stereocenters. The van der Waals surface area contributed by atoms with E-state index < -0.39 is 24.3 Å². The predicted octanol–water partition coefficient (Wildman–Crippen LogP) is 3.96. The largest absolute Gasteiger partial charge is 0.460 e. The molecule has 0 heterocycles. The molecular weight excluding hydrogens is 752 g/mol. The fourth-order valence-corrected chi connectivity index (χ4v) is 3.91. The molecule has 0 aromatic rings. The van der Waals surface area contributed by atoms with Crippen molar-refractivity contribution in [3.8, 4) is 0 Å². The number of hydrogen-bond acceptors (Lipinski definition) is 17. The molecule has 0 aliphatic rings. The zero-order valence-corrected chi connectivity index (χ0v) is 37.7. The van der Waals surface area contributed by atoms with Crippen LogP contribution in [0.5, 0.6) is 0 Å². The summed E-state index contributed by atoms with van der Waals surface area (Å²) < 4.78 is 58.5. The minimum Gasteiger partial charge on any atom is -0.460 e. The van der Waals surface area contributed by atoms with E-state index in [2.05, 4.69) is 20.8 Å². The van der Waals surface area contributed by atoms with E-state index in [-0.39, 0.29) is 108 Å². The highest BCUT2D eigenvalue weighted by Crippen LogP contribution is 2.24. The average Bonchev–Trinajstić information content (AvgIpc) is 3.20. The maximum Gasteiger partial charge on any atom is 0.306 e. The molecule has 346 valence electrons. The second kappa shape index (κ2) is 38.6. The molecule has 0 aromatic heterocycles. The van der Waals surface area contributed by atoms with Crippen LogP contribution in [0.1, 0.15) is 116 Å². The van der Waals surface area contributed by atoms with E-state index in [1.165, 1.54) is 28.3 Å². The van der Waals surface area contributed by atoms with Crippen LogP contribution in [0.15, 0.2) is 0 Å². The number of aliphatic hydroxyl groups excluding tert-OH is 5. The number of aliphatic hydroxyl groups is 5. The Morgan fingerprint density at radius 1 is 0.526 bits per heavy atom. The normalized spacial score (nSPS) is 15.9. The molecule has 0 bridgehead atoms. The van der Waals surface area contributed by atoms with Gasteiger partial charge in [0, 0.05) is 43.2 Å². The average molecular weight is 838 g/mol. The van der Waals surface area contributed by atoms with Gasteiger partial charge in [-0.25, -0.2) is 0 Å². The molecular formula is C40H84O17. The summed E-state index contributed by atoms with van der Waals surface area (Å²) in [6.07, 6.45) is 0.766. The third-order valence-corrected chi connectivity index (χ3v) is 7.42. The van der Waals surface area contributed by atoms with Crippen molar-refractivity contribution < 1.29 is 83.9 Å². The van der Waals surface area contributed by atoms with Crippen LogP contribution in [-0.2, 0) is 57.0 Å². The Morgan fingerprint density at radius 2 is 0.860 bits per heavy atom. The van der Waals surface area contributed by atoms with Crippen LogP contribution in [0.25, 0.3) is 0 Å². The van der Waals surface area contributed by atoms with E-state index in [4.69, 9.17) is 74.3 Å². The van der Waals surface area contributed by atoms with Gasteiger partial charge >= 0.3 is 11.9 Å². The third-order valence-electron chi connectivity index (χ3n) is 7.42. The molecule has 17 heteroatoms. The van der Waals surface area contributed by atoms with E-state index in [1.54, 1.807) is 7.11 Å². The second-order valence-electron chi connectivity index (χ2n) is 14.8. The number of rotatable bonds is 27. The molecule has 57 heavy (non-hydrogen) atoms. The van der Waals surface area contributed by atoms with E-state index in [1.807, 2.05) is 41.5 Å². The first kappa shape index (κ1) is 59.7. The second-order valence-corrected chi connectivity index (χ2v) is 14.8. The summed E-state index contributed by atoms with van der Waals surface area (Å²) in [5, 5.41) is 44.2. The van der Waals surface area contributed by atoms with E-state index >= 15 is 0 Å². The highest BCUT2D eigenvalue weighted by atomic mass is 16.7. The first-order valence-corrected chi connectivity index (χ1v) is 19.6. The smallest absolute Gasteiger partial charge is 0.306 e. The lowest BCUT2D eigenvalue weighted by atomic mass is 9.92. The third kappa shape index (κ3) is 41.0. The van der Waals surface area contributed by atoms with Gasteiger partial charge in [0.15, 0.2) is 25.2 Å². The van der Waals surface area contributed by atoms with E-state index in [0.717, 1.165) is 12.8 Å². The molecule has 5 N–H and O–H groups in total. The van der Waals surface area contributed by atoms with Gasteiger partial charge in [0.1, 0.15) is 13.2 Å². The molecule has 17 nitrogen and oxygen atoms in total. The lowest BCUT2D eigenvalue weighted by molar-refractivity contribution is -0.195. The van der Waals surface area contributed by atoms with Crippen molar-refractivity contribution in [2.45, 2.75) is 164 Å². The van der Waals surface area contributed by atoms with Crippen LogP contribution in [-0.4, -0.2) is 162 Å². The summed E-state index contributed by atoms with van der Waals surface area (Å²) in [6.45, 7) is 18.9. The fraction of sp³-hybridized carbons (Fsp3) is 0.950. The Morgan fingerprint density at radius 3 is 1.12 bits per heavy atom. The molecule has 0 saturated heterocycles. The van der Waals surface area contributed by atoms with Crippen molar-refractivity contribution in [1.29, 1.82) is 0 Å². The highest BCUT2D eigenvalue weighted by Gasteiger charge is 2.22. The topological polar surface area (TPSA) is 228 Å². The summed E-state index contributed by atoms with van der Waals surface area (Å²) in [7, 11) is 6.00. The first-order valence-electron chi connectivity index (χ1n) is 20.3. The number of ether oxygens (including phenoxy) is 10. The maximum absolute atomic E-state index is 11.6. The van der Waals surface area contributed by atoms with Crippen molar-refractivity contribution in [2.24, 2.45) is 10.8 Å². The SMILES string of the molecule is CCC(CO)OC(CC(C)(C)C)OC.CCC(CO)OC(CO)OC.CCC(CO)OC(COC(C)=O)OC.[2H]CC(C)(C)CC(=O)OCC(OC)OC(CC)CO. The molecule has 0 fully saturated rings. The van der Waals surface area contributed by atoms with Crippen LogP contribution in [0.4, 0.5) is 0 Å². The number of carbonyl (C=O) groups excluding carboxylic acids is 2. The molecule has 0 aliphatic heterocycles. The van der Waals surface area contributed by atoms with Crippen LogP contribution < -0.4 is 0 Å². The Labute approximate surface area is 345 Å². The number of methoxy groups -OCH3 is 4. The van der Waals surface area contributed by atoms with Gasteiger partial charge < -0.3 is 72.9 Å². The van der Waals surface area contributed by atoms with Crippen LogP contribution in [0, 0.1) is 10.8 Å². The van der Waals surface area contributed by atoms with Gasteiger partial charge in [-0.05, 0) is 36.5 Å². The van der Waals surface area contributed by atoms with Gasteiger partial charge in [-0.2, -0.15) is 0 Å². The molecule has 0 rings (SSSR count). The standard InChI is InChI=1S/C13H26O5.C11H24O3.C9H18O5.C7H16O4/c1-6-10(8-14)18-12(16-5)9-17-11(15)7-13(2,3)4;1-6-9(8-12)14-10(13-5)7-11(2,3)4;1-4-8(5-10)14-9(12-3)6-13-7(2)11;1-3-6(4-8)11-7(5-9)10-2/h10,12,14H,6-9H2,1-5H3;9-10,12H,6-8H2,1-5H3;8-10H,4-6H2,1-3H3;6-9H,3-5H2,1-2H3/i2D;;;. The molecule has 0 saturated carbocycles. The van der Waals surface area contributed by atoms with Crippen LogP contribution >= 0.6 is 0 Å². The van der Waals surface area contributed by atoms with Crippen molar-refractivity contribution in [3.63, 3.8) is 0 Å². The Balaban J connectivity index is -0.000000342. The Kier molecular flexibility index (Phi) is 40.5. The molecule has 0 radical (unpaired) electrons. The van der Waals surface area contributed by atoms with Gasteiger partial charge in [0.05, 0.1) is 63.9 Å². The van der Waals surface area contributed by atoms with Crippen LogP contribution in [0.2, 0.25) is 0 Å². The number of carbonyl (C=O) groups is 2. The van der Waals surface area contributed by atoms with Gasteiger partial charge in [0.2, 0.25) is 0 Å². The summed E-state index contributed by atoms with van der Waals surface area (Å²) in [6, 6.07) is 0. The monoisotopic (exact) mass is 838 g/mol. The molecule has 0 aliphatic carbocycles.